The number of carbonyl (C=O) groups is 8. The molecule has 9 N–H and O–H groups in total. The Bertz CT molecular complexity index is 3320. The van der Waals surface area contributed by atoms with Crippen molar-refractivity contribution in [3.63, 3.8) is 0 Å². The Labute approximate surface area is 495 Å². The highest BCUT2D eigenvalue weighted by Gasteiger charge is 2.49. The Morgan fingerprint density at radius 1 is 0.548 bits per heavy atom. The fraction of sp³-hybridized carbons (Fsp3) is 0.406. The van der Waals surface area contributed by atoms with Crippen molar-refractivity contribution in [2.24, 2.45) is 10.8 Å². The molecule has 5 aromatic carbocycles. The van der Waals surface area contributed by atoms with E-state index in [4.69, 9.17) is 17.5 Å². The van der Waals surface area contributed by atoms with Crippen LogP contribution in [-0.2, 0) is 28.8 Å². The predicted octanol–water partition coefficient (Wildman–Crippen LogP) is 5.58. The Balaban J connectivity index is 0.956. The summed E-state index contributed by atoms with van der Waals surface area (Å²) in [6.07, 6.45) is 0.0148. The fourth-order valence-corrected chi connectivity index (χ4v) is 12.0. The van der Waals surface area contributed by atoms with E-state index < -0.39 is 119 Å². The first-order chi connectivity index (χ1) is 39.7. The Morgan fingerprint density at radius 3 is 1.23 bits per heavy atom. The molecule has 84 heavy (non-hydrogen) atoms. The third kappa shape index (κ3) is 12.4. The zero-order valence-electron chi connectivity index (χ0n) is 49.1. The van der Waals surface area contributed by atoms with Gasteiger partial charge < -0.3 is 52.8 Å². The molecule has 442 valence electrons. The normalized spacial score (nSPS) is 19.7. The number of nitrogens with two attached hydrogens (primary N) is 1. The molecule has 2 aliphatic heterocycles. The quantitative estimate of drug-likeness (QED) is 0.0447. The van der Waals surface area contributed by atoms with Gasteiger partial charge in [0.05, 0.1) is 18.1 Å². The molecule has 0 radical (unpaired) electrons. The van der Waals surface area contributed by atoms with Gasteiger partial charge in [0.2, 0.25) is 35.4 Å². The molecular weight excluding hydrogens is 1090 g/mol. The summed E-state index contributed by atoms with van der Waals surface area (Å²) in [4.78, 5) is 118. The molecule has 0 saturated carbocycles. The minimum absolute atomic E-state index is 0.000297. The number of likely N-dealkylation sites (tertiary alicyclic amines) is 2. The molecule has 5 aromatic rings. The fourth-order valence-electron chi connectivity index (χ4n) is 11.9. The minimum atomic E-state index is -1.11. The highest BCUT2D eigenvalue weighted by molar-refractivity contribution is 6.15. The number of nitrogen functional groups attached to an aromatic ring is 1. The van der Waals surface area contributed by atoms with E-state index in [1.807, 2.05) is 118 Å². The highest BCUT2D eigenvalue weighted by Crippen LogP contribution is 2.45. The van der Waals surface area contributed by atoms with Gasteiger partial charge in [0.25, 0.3) is 11.8 Å². The van der Waals surface area contributed by atoms with Crippen LogP contribution in [0.5, 0.6) is 0 Å². The number of hydrogen-bond acceptors (Lipinski definition) is 11. The second-order valence-electron chi connectivity index (χ2n) is 24.7. The summed E-state index contributed by atoms with van der Waals surface area (Å²) < 4.78 is 1.21. The lowest BCUT2D eigenvalue weighted by Gasteiger charge is -2.36. The lowest BCUT2D eigenvalue weighted by Crippen LogP contribution is -2.59. The van der Waals surface area contributed by atoms with E-state index >= 15 is 0 Å². The summed E-state index contributed by atoms with van der Waals surface area (Å²) in [5.41, 5.74) is 12.4. The van der Waals surface area contributed by atoms with Crippen molar-refractivity contribution in [1.29, 1.82) is 0 Å². The van der Waals surface area contributed by atoms with Crippen LogP contribution in [0.15, 0.2) is 115 Å². The molecule has 9 rings (SSSR count). The van der Waals surface area contributed by atoms with Crippen LogP contribution in [0.25, 0.3) is 22.3 Å². The molecule has 19 nitrogen and oxygen atoms in total. The molecule has 2 fully saturated rings. The first-order valence-corrected chi connectivity index (χ1v) is 28.9. The van der Waals surface area contributed by atoms with Crippen molar-refractivity contribution in [2.45, 2.75) is 129 Å². The first kappa shape index (κ1) is 60.5. The van der Waals surface area contributed by atoms with Crippen molar-refractivity contribution < 1.29 is 38.4 Å². The third-order valence-corrected chi connectivity index (χ3v) is 17.0. The Morgan fingerprint density at radius 2 is 0.893 bits per heavy atom. The van der Waals surface area contributed by atoms with Crippen LogP contribution in [0.4, 0.5) is 5.69 Å². The van der Waals surface area contributed by atoms with Gasteiger partial charge in [-0.05, 0) is 119 Å². The largest absolute Gasteiger partial charge is 0.399 e. The predicted molar refractivity (Wildman–Crippen MR) is 322 cm³/mol. The monoisotopic (exact) mass is 1160 g/mol. The maximum absolute atomic E-state index is 15.0. The lowest BCUT2D eigenvalue weighted by atomic mass is 9.85. The van der Waals surface area contributed by atoms with Gasteiger partial charge in [0.15, 0.2) is 0 Å². The summed E-state index contributed by atoms with van der Waals surface area (Å²) >= 11 is 6.18. The van der Waals surface area contributed by atoms with Crippen molar-refractivity contribution in [1.82, 2.24) is 51.4 Å². The molecule has 0 unspecified atom stereocenters. The number of amides is 8. The number of fused-ring (bicyclic) bond motifs is 6. The zero-order valence-corrected chi connectivity index (χ0v) is 49.9. The van der Waals surface area contributed by atoms with Crippen LogP contribution in [0.3, 0.4) is 0 Å². The van der Waals surface area contributed by atoms with E-state index in [1.165, 1.54) is 39.5 Å². The van der Waals surface area contributed by atoms with Gasteiger partial charge in [-0.3, -0.25) is 38.4 Å². The minimum Gasteiger partial charge on any atom is -0.399 e. The van der Waals surface area contributed by atoms with Crippen molar-refractivity contribution >= 4 is 64.7 Å². The molecular formula is C64H76ClN11O8. The third-order valence-electron chi connectivity index (χ3n) is 16.7. The van der Waals surface area contributed by atoms with Gasteiger partial charge in [0.1, 0.15) is 30.2 Å². The van der Waals surface area contributed by atoms with Crippen LogP contribution in [0.2, 0.25) is 0 Å². The molecule has 2 saturated heterocycles. The number of halogens is 1. The van der Waals surface area contributed by atoms with Crippen molar-refractivity contribution in [2.75, 3.05) is 32.9 Å². The van der Waals surface area contributed by atoms with Gasteiger partial charge >= 0.3 is 0 Å². The Hall–Kier alpha value is -8.13. The van der Waals surface area contributed by atoms with Gasteiger partial charge in [-0.1, -0.05) is 139 Å². The van der Waals surface area contributed by atoms with Crippen LogP contribution >= 0.6 is 11.8 Å². The standard InChI is InChI=1S/C64H76ClN11O8/c1-34(67-9)55(77)72-53(63(3,4)5)61(83)75-32-39(30-49(75)59(81)70-51-45-23-15-11-19-41(45)42-20-12-16-24-46(42)51)68-57(79)36-27-37(29-38(66)28-36)58(80)69-40-31-50(76(33-40)62(84)54(64(6,7)8)73-56(78)35(2)74(10)65)60(82)71-52-47-25-17-13-21-43(47)44-22-14-18-26-48(44)52/h11-29,34-35,39-40,49-54,67H,30-33,66H2,1-10H3,(H,68,79)(H,69,80)(H,70,81)(H,71,82)(H,72,77)(H,73,78)/t34-,35-,39-,40-,49-,50-,53+,54+/m0/s1. The van der Waals surface area contributed by atoms with E-state index in [0.29, 0.717) is 0 Å². The molecule has 2 heterocycles. The van der Waals surface area contributed by atoms with E-state index in [-0.39, 0.29) is 42.7 Å². The van der Waals surface area contributed by atoms with Gasteiger partial charge in [-0.25, -0.2) is 4.42 Å². The average Bonchev–Trinajstić information content (AvgIpc) is 2.77. The Kier molecular flexibility index (Phi) is 17.4. The molecule has 2 aliphatic carbocycles. The maximum Gasteiger partial charge on any atom is 0.251 e. The van der Waals surface area contributed by atoms with Crippen LogP contribution in [0.1, 0.15) is 123 Å². The van der Waals surface area contributed by atoms with Crippen molar-refractivity contribution in [3.8, 4) is 22.3 Å². The maximum atomic E-state index is 15.0. The average molecular weight is 1160 g/mol. The molecule has 20 heteroatoms. The van der Waals surface area contributed by atoms with Crippen LogP contribution in [-0.4, -0.2) is 137 Å². The molecule has 0 aromatic heterocycles. The SMILES string of the molecule is CN[C@@H](C)C(=O)N[C@H](C(=O)N1C[C@@H](NC(=O)c2cc(N)cc(C(=O)N[C@H]3C[C@@H](C(=O)NC4c5ccccc5-c5ccccc54)N(C(=O)[C@@H](NC(=O)[C@H](C)N(C)Cl)C(C)(C)C)C3)c2)C[C@H]1C(=O)NC1c2ccccc2-c2ccccc21)C(C)(C)C. The number of hydrogen-bond donors (Lipinski definition) is 8. The summed E-state index contributed by atoms with van der Waals surface area (Å²) in [5.74, 6) is -4.12. The summed E-state index contributed by atoms with van der Waals surface area (Å²) in [7, 11) is 3.17. The summed E-state index contributed by atoms with van der Waals surface area (Å²) in [5, 5.41) is 21.1. The number of benzene rings is 5. The topological polar surface area (TPSA) is 257 Å². The van der Waals surface area contributed by atoms with Crippen LogP contribution < -0.4 is 43.0 Å². The van der Waals surface area contributed by atoms with Gasteiger partial charge in [0, 0.05) is 49.0 Å². The van der Waals surface area contributed by atoms with E-state index in [1.54, 1.807) is 41.7 Å². The van der Waals surface area contributed by atoms with E-state index in [0.717, 1.165) is 44.5 Å². The number of anilines is 1. The number of nitrogens with zero attached hydrogens (tertiary/aromatic N) is 3. The van der Waals surface area contributed by atoms with Crippen LogP contribution in [0, 0.1) is 10.8 Å². The summed E-state index contributed by atoms with van der Waals surface area (Å²) in [6.45, 7) is 14.0. The van der Waals surface area contributed by atoms with Gasteiger partial charge in [-0.2, -0.15) is 0 Å². The second kappa shape index (κ2) is 24.2. The molecule has 0 spiro atoms. The summed E-state index contributed by atoms with van der Waals surface area (Å²) in [6, 6.07) is 27.0. The molecule has 4 aliphatic rings. The molecule has 8 amide bonds. The van der Waals surface area contributed by atoms with E-state index in [9.17, 15) is 38.4 Å². The number of carbonyl (C=O) groups excluding carboxylic acids is 8. The number of rotatable bonds is 16. The number of likely N-dealkylation sites (N-methyl/N-ethyl adjacent to an activating group) is 2. The number of nitrogens with one attached hydrogen (secondary N) is 7. The van der Waals surface area contributed by atoms with E-state index in [2.05, 4.69) is 37.2 Å². The lowest BCUT2D eigenvalue weighted by molar-refractivity contribution is -0.144. The first-order valence-electron chi connectivity index (χ1n) is 28.5. The van der Waals surface area contributed by atoms with Crippen molar-refractivity contribution in [3.05, 3.63) is 149 Å². The van der Waals surface area contributed by atoms with Gasteiger partial charge in [-0.15, -0.1) is 0 Å². The smallest absolute Gasteiger partial charge is 0.251 e. The molecule has 8 atom stereocenters. The zero-order chi connectivity index (χ0) is 60.7. The molecule has 0 bridgehead atoms. The highest BCUT2D eigenvalue weighted by atomic mass is 35.5. The second-order valence-corrected chi connectivity index (χ2v) is 25.3.